The van der Waals surface area contributed by atoms with E-state index in [2.05, 4.69) is 20.6 Å². The van der Waals surface area contributed by atoms with Crippen LogP contribution in [0.2, 0.25) is 5.02 Å². The number of rotatable bonds is 6. The van der Waals surface area contributed by atoms with Gasteiger partial charge in [0, 0.05) is 5.69 Å². The summed E-state index contributed by atoms with van der Waals surface area (Å²) in [5.74, 6) is 2.48. The maximum absolute atomic E-state index is 6.24. The van der Waals surface area contributed by atoms with Gasteiger partial charge in [0.25, 0.3) is 0 Å². The Kier molecular flexibility index (Phi) is 5.45. The molecule has 1 heterocycles. The van der Waals surface area contributed by atoms with Crippen LogP contribution in [-0.4, -0.2) is 9.97 Å². The van der Waals surface area contributed by atoms with Gasteiger partial charge in [-0.05, 0) is 48.5 Å². The first-order valence-electron chi connectivity index (χ1n) is 8.91. The smallest absolute Gasteiger partial charge is 0.159 e. The first-order chi connectivity index (χ1) is 14.2. The van der Waals surface area contributed by atoms with E-state index in [1.165, 1.54) is 6.33 Å². The van der Waals surface area contributed by atoms with E-state index in [-0.39, 0.29) is 0 Å². The fraction of sp³-hybridized carbons (Fsp3) is 0. The second-order valence-electron chi connectivity index (χ2n) is 6.15. The molecular formula is C22H18ClN5O. The minimum Gasteiger partial charge on any atom is -0.457 e. The van der Waals surface area contributed by atoms with Gasteiger partial charge in [0.1, 0.15) is 23.5 Å². The van der Waals surface area contributed by atoms with Crippen molar-refractivity contribution >= 4 is 40.3 Å². The Morgan fingerprint density at radius 3 is 2.07 bits per heavy atom. The summed E-state index contributed by atoms with van der Waals surface area (Å²) in [6, 6.07) is 24.5. The third-order valence-corrected chi connectivity index (χ3v) is 4.44. The average molecular weight is 404 g/mol. The lowest BCUT2D eigenvalue weighted by atomic mass is 10.3. The van der Waals surface area contributed by atoms with Gasteiger partial charge in [0.05, 0.1) is 10.7 Å². The molecule has 0 unspecified atom stereocenters. The van der Waals surface area contributed by atoms with Crippen LogP contribution in [0.15, 0.2) is 85.2 Å². The Balaban J connectivity index is 1.49. The number of ether oxygens (including phenoxy) is 1. The number of nitrogens with one attached hydrogen (secondary N) is 2. The normalized spacial score (nSPS) is 10.4. The lowest BCUT2D eigenvalue weighted by molar-refractivity contribution is 0.483. The number of halogens is 1. The van der Waals surface area contributed by atoms with Crippen LogP contribution < -0.4 is 21.1 Å². The third kappa shape index (κ3) is 4.56. The van der Waals surface area contributed by atoms with E-state index < -0.39 is 0 Å². The molecule has 0 radical (unpaired) electrons. The Labute approximate surface area is 173 Å². The molecule has 1 aromatic heterocycles. The molecule has 0 aliphatic carbocycles. The molecule has 0 aliphatic rings. The lowest BCUT2D eigenvalue weighted by Crippen LogP contribution is -2.05. The van der Waals surface area contributed by atoms with Gasteiger partial charge in [0.15, 0.2) is 11.6 Å². The van der Waals surface area contributed by atoms with Gasteiger partial charge in [-0.2, -0.15) is 0 Å². The molecule has 0 fully saturated rings. The first-order valence-corrected chi connectivity index (χ1v) is 9.29. The van der Waals surface area contributed by atoms with Crippen LogP contribution >= 0.6 is 11.6 Å². The summed E-state index contributed by atoms with van der Waals surface area (Å²) in [6.45, 7) is 0. The molecule has 0 saturated carbocycles. The van der Waals surface area contributed by atoms with Crippen LogP contribution in [0.5, 0.6) is 11.5 Å². The third-order valence-electron chi connectivity index (χ3n) is 4.11. The average Bonchev–Trinajstić information content (AvgIpc) is 2.75. The van der Waals surface area contributed by atoms with E-state index in [1.54, 1.807) is 6.07 Å². The summed E-state index contributed by atoms with van der Waals surface area (Å²) in [5, 5.41) is 6.91. The largest absolute Gasteiger partial charge is 0.457 e. The van der Waals surface area contributed by atoms with Crippen molar-refractivity contribution < 1.29 is 4.74 Å². The summed E-state index contributed by atoms with van der Waals surface area (Å²) in [6.07, 6.45) is 1.44. The van der Waals surface area contributed by atoms with Gasteiger partial charge >= 0.3 is 0 Å². The number of anilines is 5. The van der Waals surface area contributed by atoms with Gasteiger partial charge in [-0.25, -0.2) is 9.97 Å². The first kappa shape index (κ1) is 18.6. The van der Waals surface area contributed by atoms with Gasteiger partial charge in [-0.1, -0.05) is 41.9 Å². The van der Waals surface area contributed by atoms with Crippen molar-refractivity contribution in [3.05, 3.63) is 90.2 Å². The van der Waals surface area contributed by atoms with E-state index in [0.717, 1.165) is 17.2 Å². The van der Waals surface area contributed by atoms with Gasteiger partial charge in [-0.3, -0.25) is 0 Å². The maximum Gasteiger partial charge on any atom is 0.159 e. The van der Waals surface area contributed by atoms with Crippen LogP contribution in [0.25, 0.3) is 0 Å². The second kappa shape index (κ2) is 8.50. The number of nitrogens with zero attached hydrogens (tertiary/aromatic N) is 2. The van der Waals surface area contributed by atoms with Crippen molar-refractivity contribution in [1.29, 1.82) is 0 Å². The Morgan fingerprint density at radius 1 is 0.724 bits per heavy atom. The highest BCUT2D eigenvalue weighted by molar-refractivity contribution is 6.33. The Hall–Kier alpha value is -3.77. The number of nitrogens with two attached hydrogens (primary N) is 1. The number of benzene rings is 3. The minimum absolute atomic E-state index is 0.386. The van der Waals surface area contributed by atoms with Crippen molar-refractivity contribution in [3.63, 3.8) is 0 Å². The molecule has 4 rings (SSSR count). The highest BCUT2D eigenvalue weighted by Gasteiger charge is 2.10. The molecule has 4 N–H and O–H groups in total. The molecule has 144 valence electrons. The zero-order chi connectivity index (χ0) is 20.1. The number of hydrogen-bond donors (Lipinski definition) is 3. The van der Waals surface area contributed by atoms with Crippen molar-refractivity contribution in [2.75, 3.05) is 16.4 Å². The highest BCUT2D eigenvalue weighted by atomic mass is 35.5. The molecule has 0 saturated heterocycles. The van der Waals surface area contributed by atoms with E-state index in [0.29, 0.717) is 28.0 Å². The quantitative estimate of drug-likeness (QED) is 0.366. The molecular weight excluding hydrogens is 386 g/mol. The van der Waals surface area contributed by atoms with Gasteiger partial charge in [0.2, 0.25) is 0 Å². The number of nitrogen functional groups attached to an aromatic ring is 1. The van der Waals surface area contributed by atoms with Crippen molar-refractivity contribution in [3.8, 4) is 11.5 Å². The van der Waals surface area contributed by atoms with Crippen LogP contribution in [0.3, 0.4) is 0 Å². The van der Waals surface area contributed by atoms with Crippen LogP contribution in [-0.2, 0) is 0 Å². The maximum atomic E-state index is 6.24. The van der Waals surface area contributed by atoms with E-state index in [9.17, 15) is 0 Å². The molecule has 3 aromatic carbocycles. The summed E-state index contributed by atoms with van der Waals surface area (Å²) < 4.78 is 5.80. The van der Waals surface area contributed by atoms with E-state index in [1.807, 2.05) is 72.8 Å². The zero-order valence-electron chi connectivity index (χ0n) is 15.3. The predicted octanol–water partition coefficient (Wildman–Crippen LogP) is 5.99. The van der Waals surface area contributed by atoms with Crippen LogP contribution in [0.4, 0.5) is 28.7 Å². The molecule has 6 nitrogen and oxygen atoms in total. The molecule has 0 bridgehead atoms. The van der Waals surface area contributed by atoms with Crippen LogP contribution in [0, 0.1) is 0 Å². The fourth-order valence-corrected chi connectivity index (χ4v) is 2.84. The van der Waals surface area contributed by atoms with E-state index >= 15 is 0 Å². The van der Waals surface area contributed by atoms with Crippen LogP contribution in [0.1, 0.15) is 0 Å². The number of aromatic nitrogens is 2. The lowest BCUT2D eigenvalue weighted by Gasteiger charge is -2.13. The predicted molar refractivity (Wildman–Crippen MR) is 117 cm³/mol. The van der Waals surface area contributed by atoms with Crippen molar-refractivity contribution in [2.24, 2.45) is 0 Å². The molecule has 7 heteroatoms. The molecule has 0 aliphatic heterocycles. The Morgan fingerprint density at radius 2 is 1.34 bits per heavy atom. The van der Waals surface area contributed by atoms with Gasteiger partial charge in [-0.15, -0.1) is 0 Å². The molecule has 4 aromatic rings. The van der Waals surface area contributed by atoms with Gasteiger partial charge < -0.3 is 21.1 Å². The Bertz CT molecular complexity index is 1100. The molecule has 0 spiro atoms. The highest BCUT2D eigenvalue weighted by Crippen LogP contribution is 2.31. The standard InChI is InChI=1S/C22H18ClN5O/c23-18-8-4-5-9-19(18)28-22-20(24)21(25-14-26-22)27-15-10-12-17(13-11-15)29-16-6-2-1-3-7-16/h1-14H,24H2,(H2,25,26,27,28). The SMILES string of the molecule is Nc1c(Nc2ccc(Oc3ccccc3)cc2)ncnc1Nc1ccccc1Cl. The summed E-state index contributed by atoms with van der Waals surface area (Å²) in [4.78, 5) is 8.45. The molecule has 0 atom stereocenters. The summed E-state index contributed by atoms with van der Waals surface area (Å²) in [5.41, 5.74) is 8.16. The van der Waals surface area contributed by atoms with E-state index in [4.69, 9.17) is 22.1 Å². The number of para-hydroxylation sites is 2. The number of hydrogen-bond acceptors (Lipinski definition) is 6. The fourth-order valence-electron chi connectivity index (χ4n) is 2.65. The molecule has 29 heavy (non-hydrogen) atoms. The minimum atomic E-state index is 0.386. The zero-order valence-corrected chi connectivity index (χ0v) is 16.1. The van der Waals surface area contributed by atoms with Crippen molar-refractivity contribution in [1.82, 2.24) is 9.97 Å². The monoisotopic (exact) mass is 403 g/mol. The summed E-state index contributed by atoms with van der Waals surface area (Å²) in [7, 11) is 0. The van der Waals surface area contributed by atoms with Crippen molar-refractivity contribution in [2.45, 2.75) is 0 Å². The summed E-state index contributed by atoms with van der Waals surface area (Å²) >= 11 is 6.19. The second-order valence-corrected chi connectivity index (χ2v) is 6.56. The topological polar surface area (TPSA) is 85.1 Å². The molecule has 0 amide bonds.